The van der Waals surface area contributed by atoms with E-state index in [4.69, 9.17) is 4.74 Å². The molecule has 5 nitrogen and oxygen atoms in total. The highest BCUT2D eigenvalue weighted by atomic mass is 16.5. The zero-order chi connectivity index (χ0) is 22.6. The van der Waals surface area contributed by atoms with Crippen LogP contribution in [-0.4, -0.2) is 46.2 Å². The largest absolute Gasteiger partial charge is 0.466 e. The highest BCUT2D eigenvalue weighted by Gasteiger charge is 2.65. The number of carbonyl (C=O) groups is 1. The maximum absolute atomic E-state index is 11.9. The first-order valence-corrected chi connectivity index (χ1v) is 12.8. The predicted octanol–water partition coefficient (Wildman–Crippen LogP) is 3.93. The summed E-state index contributed by atoms with van der Waals surface area (Å²) in [5, 5.41) is 33.1. The van der Waals surface area contributed by atoms with Gasteiger partial charge in [0.15, 0.2) is 0 Å². The van der Waals surface area contributed by atoms with Crippen LogP contribution in [0.3, 0.4) is 0 Å². The highest BCUT2D eigenvalue weighted by Crippen LogP contribution is 2.68. The third kappa shape index (κ3) is 3.77. The van der Waals surface area contributed by atoms with Crippen molar-refractivity contribution >= 4 is 5.97 Å². The molecule has 4 aliphatic carbocycles. The molecule has 3 N–H and O–H groups in total. The number of fused-ring (bicyclic) bond motifs is 5. The van der Waals surface area contributed by atoms with Gasteiger partial charge in [-0.05, 0) is 105 Å². The van der Waals surface area contributed by atoms with Crippen molar-refractivity contribution in [2.45, 2.75) is 104 Å². The molecule has 31 heavy (non-hydrogen) atoms. The van der Waals surface area contributed by atoms with E-state index >= 15 is 0 Å². The number of aliphatic hydroxyl groups is 3. The van der Waals surface area contributed by atoms with Crippen LogP contribution in [0, 0.1) is 46.3 Å². The second-order valence-corrected chi connectivity index (χ2v) is 11.8. The Morgan fingerprint density at radius 3 is 2.52 bits per heavy atom. The van der Waals surface area contributed by atoms with Crippen molar-refractivity contribution in [2.24, 2.45) is 46.3 Å². The molecule has 178 valence electrons. The number of rotatable bonds is 5. The summed E-state index contributed by atoms with van der Waals surface area (Å²) in [6.45, 7) is 9.13. The number of hydrogen-bond acceptors (Lipinski definition) is 5. The molecule has 0 unspecified atom stereocenters. The minimum Gasteiger partial charge on any atom is -0.466 e. The monoisotopic (exact) mass is 436 g/mol. The number of hydrogen-bond donors (Lipinski definition) is 3. The minimum atomic E-state index is -0.370. The van der Waals surface area contributed by atoms with Crippen LogP contribution >= 0.6 is 0 Å². The van der Waals surface area contributed by atoms with Crippen molar-refractivity contribution in [3.63, 3.8) is 0 Å². The van der Waals surface area contributed by atoms with Crippen LogP contribution in [0.15, 0.2) is 0 Å². The van der Waals surface area contributed by atoms with Crippen molar-refractivity contribution in [1.82, 2.24) is 0 Å². The van der Waals surface area contributed by atoms with Gasteiger partial charge in [0.1, 0.15) is 0 Å². The Kier molecular flexibility index (Phi) is 6.53. The third-order valence-electron chi connectivity index (χ3n) is 10.6. The second kappa shape index (κ2) is 8.61. The summed E-state index contributed by atoms with van der Waals surface area (Å²) >= 11 is 0. The summed E-state index contributed by atoms with van der Waals surface area (Å²) < 4.78 is 5.12. The first-order chi connectivity index (χ1) is 14.6. The summed E-state index contributed by atoms with van der Waals surface area (Å²) in [6, 6.07) is 0. The van der Waals surface area contributed by atoms with Gasteiger partial charge in [0, 0.05) is 6.42 Å². The highest BCUT2D eigenvalue weighted by molar-refractivity contribution is 5.69. The maximum atomic E-state index is 11.9. The van der Waals surface area contributed by atoms with Gasteiger partial charge in [-0.2, -0.15) is 0 Å². The Balaban J connectivity index is 1.54. The van der Waals surface area contributed by atoms with Gasteiger partial charge in [-0.25, -0.2) is 0 Å². The molecule has 4 saturated carbocycles. The van der Waals surface area contributed by atoms with Crippen molar-refractivity contribution in [3.05, 3.63) is 0 Å². The normalized spacial score (nSPS) is 50.2. The van der Waals surface area contributed by atoms with Gasteiger partial charge in [0.25, 0.3) is 0 Å². The van der Waals surface area contributed by atoms with Gasteiger partial charge in [-0.15, -0.1) is 0 Å². The van der Waals surface area contributed by atoms with Crippen LogP contribution in [0.1, 0.15) is 85.5 Å². The summed E-state index contributed by atoms with van der Waals surface area (Å²) in [7, 11) is 0. The number of aliphatic hydroxyl groups excluding tert-OH is 3. The molecule has 0 aromatic rings. The summed E-state index contributed by atoms with van der Waals surface area (Å²) in [6.07, 6.45) is 6.62. The standard InChI is InChI=1S/C26H44O5/c1-5-31-23(30)9-6-15(2)18-7-8-19-24-20(14-22(29)26(18,19)4)25(3)11-10-17(27)12-16(25)13-21(24)28/h15-22,24,27-29H,5-14H2,1-4H3/t15-,16-,17+,18+,19-,20-,21-,22-,24-,25+,26+/m1/s1. The lowest BCUT2D eigenvalue weighted by molar-refractivity contribution is -0.207. The summed E-state index contributed by atoms with van der Waals surface area (Å²) in [5.41, 5.74) is -0.0906. The molecule has 0 heterocycles. The SMILES string of the molecule is CCOC(=O)CC[C@@H](C)[C@@H]1CC[C@@H]2[C@H]3[C@H](O)C[C@H]4C[C@@H](O)CC[C@]4(C)[C@@H]3C[C@@H](O)[C@]21C. The average molecular weight is 437 g/mol. The minimum absolute atomic E-state index is 0.110. The van der Waals surface area contributed by atoms with Gasteiger partial charge in [-0.3, -0.25) is 4.79 Å². The Labute approximate surface area is 187 Å². The molecule has 11 atom stereocenters. The summed E-state index contributed by atoms with van der Waals surface area (Å²) in [5.74, 6) is 1.84. The fourth-order valence-electron chi connectivity index (χ4n) is 8.91. The molecular formula is C26H44O5. The second-order valence-electron chi connectivity index (χ2n) is 11.8. The van der Waals surface area contributed by atoms with E-state index in [0.29, 0.717) is 42.6 Å². The van der Waals surface area contributed by atoms with Crippen LogP contribution in [-0.2, 0) is 9.53 Å². The van der Waals surface area contributed by atoms with Crippen LogP contribution in [0.5, 0.6) is 0 Å². The maximum Gasteiger partial charge on any atom is 0.305 e. The average Bonchev–Trinajstić information content (AvgIpc) is 3.07. The molecule has 0 saturated heterocycles. The topological polar surface area (TPSA) is 87.0 Å². The van der Waals surface area contributed by atoms with E-state index in [0.717, 1.165) is 51.4 Å². The molecule has 0 bridgehead atoms. The van der Waals surface area contributed by atoms with Crippen molar-refractivity contribution in [2.75, 3.05) is 6.61 Å². The van der Waals surface area contributed by atoms with E-state index in [2.05, 4.69) is 20.8 Å². The lowest BCUT2D eigenvalue weighted by Crippen LogP contribution is -2.62. The Hall–Kier alpha value is -0.650. The molecule has 4 rings (SSSR count). The number of esters is 1. The number of carbonyl (C=O) groups excluding carboxylic acids is 1. The van der Waals surface area contributed by atoms with Gasteiger partial charge in [-0.1, -0.05) is 20.8 Å². The van der Waals surface area contributed by atoms with Crippen LogP contribution < -0.4 is 0 Å². The van der Waals surface area contributed by atoms with Gasteiger partial charge >= 0.3 is 5.97 Å². The molecule has 0 spiro atoms. The van der Waals surface area contributed by atoms with Gasteiger partial charge < -0.3 is 20.1 Å². The van der Waals surface area contributed by atoms with E-state index in [1.54, 1.807) is 0 Å². The van der Waals surface area contributed by atoms with E-state index in [9.17, 15) is 20.1 Å². The molecule has 0 aromatic heterocycles. The fourth-order valence-corrected chi connectivity index (χ4v) is 8.91. The predicted molar refractivity (Wildman–Crippen MR) is 119 cm³/mol. The Bertz CT molecular complexity index is 666. The molecule has 0 aromatic carbocycles. The van der Waals surface area contributed by atoms with Crippen LogP contribution in [0.2, 0.25) is 0 Å². The zero-order valence-corrected chi connectivity index (χ0v) is 19.9. The quantitative estimate of drug-likeness (QED) is 0.569. The van der Waals surface area contributed by atoms with E-state index in [1.807, 2.05) is 6.92 Å². The zero-order valence-electron chi connectivity index (χ0n) is 19.9. The Morgan fingerprint density at radius 2 is 1.81 bits per heavy atom. The molecule has 5 heteroatoms. The lowest BCUT2D eigenvalue weighted by atomic mass is 9.43. The molecule has 4 fully saturated rings. The molecule has 0 amide bonds. The molecule has 4 aliphatic rings. The first kappa shape index (κ1) is 23.5. The van der Waals surface area contributed by atoms with E-state index < -0.39 is 0 Å². The first-order valence-electron chi connectivity index (χ1n) is 12.8. The van der Waals surface area contributed by atoms with E-state index in [-0.39, 0.29) is 41.0 Å². The molecule has 0 aliphatic heterocycles. The summed E-state index contributed by atoms with van der Waals surface area (Å²) in [4.78, 5) is 11.9. The smallest absolute Gasteiger partial charge is 0.305 e. The van der Waals surface area contributed by atoms with E-state index in [1.165, 1.54) is 0 Å². The van der Waals surface area contributed by atoms with Crippen LogP contribution in [0.4, 0.5) is 0 Å². The number of ether oxygens (including phenoxy) is 1. The third-order valence-corrected chi connectivity index (χ3v) is 10.6. The lowest BCUT2D eigenvalue weighted by Gasteiger charge is -2.63. The van der Waals surface area contributed by atoms with Crippen molar-refractivity contribution in [3.8, 4) is 0 Å². The van der Waals surface area contributed by atoms with Gasteiger partial charge in [0.05, 0.1) is 24.9 Å². The van der Waals surface area contributed by atoms with Crippen molar-refractivity contribution < 1.29 is 24.9 Å². The fraction of sp³-hybridized carbons (Fsp3) is 0.962. The molecule has 0 radical (unpaired) electrons. The van der Waals surface area contributed by atoms with Gasteiger partial charge in [0.2, 0.25) is 0 Å². The van der Waals surface area contributed by atoms with Crippen molar-refractivity contribution in [1.29, 1.82) is 0 Å². The molecular weight excluding hydrogens is 392 g/mol. The van der Waals surface area contributed by atoms with Crippen LogP contribution in [0.25, 0.3) is 0 Å². The Morgan fingerprint density at radius 1 is 1.06 bits per heavy atom.